The Labute approximate surface area is 202 Å². The lowest BCUT2D eigenvalue weighted by atomic mass is 9.96. The molecule has 0 fully saturated rings. The van der Waals surface area contributed by atoms with Crippen LogP contribution in [0, 0.1) is 20.8 Å². The van der Waals surface area contributed by atoms with E-state index in [9.17, 15) is 4.79 Å². The molecule has 0 radical (unpaired) electrons. The molecule has 0 saturated heterocycles. The monoisotopic (exact) mass is 477 g/mol. The van der Waals surface area contributed by atoms with Gasteiger partial charge in [0.1, 0.15) is 10.8 Å². The number of aromatic nitrogens is 1. The fraction of sp³-hybridized carbons (Fsp3) is 0.231. The summed E-state index contributed by atoms with van der Waals surface area (Å²) < 4.78 is 16.3. The zero-order valence-corrected chi connectivity index (χ0v) is 20.6. The number of methoxy groups -OCH3 is 2. The number of carbonyl (C=O) groups is 1. The van der Waals surface area contributed by atoms with Crippen LogP contribution in [0.5, 0.6) is 11.5 Å². The molecule has 1 atom stereocenters. The first-order chi connectivity index (χ1) is 16.4. The predicted molar refractivity (Wildman–Crippen MR) is 134 cm³/mol. The molecule has 0 aliphatic carbocycles. The topological polar surface area (TPSA) is 85.6 Å². The second kappa shape index (κ2) is 10.0. The lowest BCUT2D eigenvalue weighted by molar-refractivity contribution is 0.0997. The molecule has 1 aromatic carbocycles. The number of pyridine rings is 1. The highest BCUT2D eigenvalue weighted by atomic mass is 32.1. The maximum atomic E-state index is 12.8. The van der Waals surface area contributed by atoms with Gasteiger partial charge in [0.2, 0.25) is 0 Å². The number of rotatable bonds is 8. The third kappa shape index (κ3) is 4.77. The van der Waals surface area contributed by atoms with Crippen LogP contribution in [0.2, 0.25) is 0 Å². The van der Waals surface area contributed by atoms with Crippen LogP contribution in [0.3, 0.4) is 0 Å². The molecule has 0 unspecified atom stereocenters. The summed E-state index contributed by atoms with van der Waals surface area (Å²) in [7, 11) is 3.22. The van der Waals surface area contributed by atoms with Crippen LogP contribution in [-0.2, 0) is 0 Å². The first kappa shape index (κ1) is 23.4. The Balaban J connectivity index is 1.83. The van der Waals surface area contributed by atoms with Crippen LogP contribution >= 0.6 is 11.3 Å². The van der Waals surface area contributed by atoms with E-state index in [2.05, 4.69) is 22.5 Å². The highest BCUT2D eigenvalue weighted by molar-refractivity contribution is 7.16. The van der Waals surface area contributed by atoms with E-state index in [0.29, 0.717) is 11.5 Å². The van der Waals surface area contributed by atoms with E-state index < -0.39 is 0 Å². The fourth-order valence-electron chi connectivity index (χ4n) is 3.78. The first-order valence-electron chi connectivity index (χ1n) is 10.8. The highest BCUT2D eigenvalue weighted by Crippen LogP contribution is 2.42. The van der Waals surface area contributed by atoms with Crippen molar-refractivity contribution < 1.29 is 18.7 Å². The summed E-state index contributed by atoms with van der Waals surface area (Å²) in [6.45, 7) is 6.05. The third-order valence-electron chi connectivity index (χ3n) is 5.61. The Kier molecular flexibility index (Phi) is 6.88. The smallest absolute Gasteiger partial charge is 0.291 e. The van der Waals surface area contributed by atoms with Crippen molar-refractivity contribution in [2.24, 2.45) is 0 Å². The third-order valence-corrected chi connectivity index (χ3v) is 6.75. The standard InChI is InChI=1S/C26H27N3O4S/c1-15-8-6-10-22(27-15)28-24(18-11-12-19(31-4)21(14-18)32-5)23-16(2)17(3)34-26(23)29-25(30)20-9-7-13-33-20/h6-14,24H,1-5H3,(H,27,28)(H,29,30)/t24-/m1/s1. The van der Waals surface area contributed by atoms with Crippen molar-refractivity contribution in [3.63, 3.8) is 0 Å². The lowest BCUT2D eigenvalue weighted by Crippen LogP contribution is -2.18. The molecule has 0 aliphatic rings. The summed E-state index contributed by atoms with van der Waals surface area (Å²) in [5.41, 5.74) is 3.88. The van der Waals surface area contributed by atoms with E-state index in [4.69, 9.17) is 13.9 Å². The van der Waals surface area contributed by atoms with Crippen molar-refractivity contribution in [1.82, 2.24) is 4.98 Å². The Hall–Kier alpha value is -3.78. The molecule has 3 heterocycles. The van der Waals surface area contributed by atoms with Gasteiger partial charge in [-0.3, -0.25) is 4.79 Å². The van der Waals surface area contributed by atoms with Crippen LogP contribution in [0.4, 0.5) is 10.8 Å². The number of aryl methyl sites for hydroxylation is 2. The van der Waals surface area contributed by atoms with E-state index >= 15 is 0 Å². The predicted octanol–water partition coefficient (Wildman–Crippen LogP) is 6.13. The molecule has 1 amide bonds. The Bertz CT molecular complexity index is 1300. The first-order valence-corrected chi connectivity index (χ1v) is 11.6. The molecule has 8 heteroatoms. The summed E-state index contributed by atoms with van der Waals surface area (Å²) in [4.78, 5) is 18.6. The van der Waals surface area contributed by atoms with Crippen molar-refractivity contribution in [2.75, 3.05) is 24.9 Å². The molecule has 4 aromatic rings. The fourth-order valence-corrected chi connectivity index (χ4v) is 4.88. The molecule has 0 bridgehead atoms. The van der Waals surface area contributed by atoms with Gasteiger partial charge in [-0.15, -0.1) is 11.3 Å². The van der Waals surface area contributed by atoms with Crippen molar-refractivity contribution in [2.45, 2.75) is 26.8 Å². The van der Waals surface area contributed by atoms with Gasteiger partial charge in [-0.1, -0.05) is 12.1 Å². The minimum atomic E-state index is -0.314. The van der Waals surface area contributed by atoms with Gasteiger partial charge in [0.15, 0.2) is 17.3 Å². The van der Waals surface area contributed by atoms with Crippen molar-refractivity contribution >= 4 is 28.1 Å². The number of thiophene rings is 1. The molecule has 4 rings (SSSR count). The van der Waals surface area contributed by atoms with E-state index in [0.717, 1.165) is 38.1 Å². The average Bonchev–Trinajstić information content (AvgIpc) is 3.46. The molecule has 176 valence electrons. The van der Waals surface area contributed by atoms with Gasteiger partial charge in [0.05, 0.1) is 26.5 Å². The van der Waals surface area contributed by atoms with Crippen LogP contribution in [0.1, 0.15) is 43.9 Å². The van der Waals surface area contributed by atoms with E-state index in [-0.39, 0.29) is 17.7 Å². The summed E-state index contributed by atoms with van der Waals surface area (Å²) in [5, 5.41) is 7.36. The highest BCUT2D eigenvalue weighted by Gasteiger charge is 2.26. The molecular weight excluding hydrogens is 450 g/mol. The van der Waals surface area contributed by atoms with Gasteiger partial charge in [-0.25, -0.2) is 4.98 Å². The number of ether oxygens (including phenoxy) is 2. The number of hydrogen-bond donors (Lipinski definition) is 2. The molecule has 0 saturated carbocycles. The second-order valence-corrected chi connectivity index (χ2v) is 9.04. The van der Waals surface area contributed by atoms with Crippen LogP contribution < -0.4 is 20.1 Å². The molecule has 34 heavy (non-hydrogen) atoms. The number of nitrogens with zero attached hydrogens (tertiary/aromatic N) is 1. The average molecular weight is 478 g/mol. The van der Waals surface area contributed by atoms with Gasteiger partial charge in [0.25, 0.3) is 5.91 Å². The maximum absolute atomic E-state index is 12.8. The van der Waals surface area contributed by atoms with Gasteiger partial charge < -0.3 is 24.5 Å². The van der Waals surface area contributed by atoms with Crippen molar-refractivity contribution in [3.8, 4) is 11.5 Å². The maximum Gasteiger partial charge on any atom is 0.291 e. The van der Waals surface area contributed by atoms with Crippen molar-refractivity contribution in [3.05, 3.63) is 87.8 Å². The van der Waals surface area contributed by atoms with E-state index in [1.807, 2.05) is 50.2 Å². The molecule has 7 nitrogen and oxygen atoms in total. The van der Waals surface area contributed by atoms with Crippen LogP contribution in [0.25, 0.3) is 0 Å². The number of benzene rings is 1. The second-order valence-electron chi connectivity index (χ2n) is 7.81. The Morgan fingerprint density at radius 2 is 1.82 bits per heavy atom. The molecule has 2 N–H and O–H groups in total. The zero-order valence-electron chi connectivity index (χ0n) is 19.8. The van der Waals surface area contributed by atoms with E-state index in [1.54, 1.807) is 26.4 Å². The van der Waals surface area contributed by atoms with Crippen molar-refractivity contribution in [1.29, 1.82) is 0 Å². The van der Waals surface area contributed by atoms with Gasteiger partial charge >= 0.3 is 0 Å². The summed E-state index contributed by atoms with van der Waals surface area (Å²) >= 11 is 1.53. The summed E-state index contributed by atoms with van der Waals surface area (Å²) in [6.07, 6.45) is 1.48. The minimum absolute atomic E-state index is 0.255. The minimum Gasteiger partial charge on any atom is -0.493 e. The largest absolute Gasteiger partial charge is 0.493 e. The van der Waals surface area contributed by atoms with Gasteiger partial charge in [-0.05, 0) is 68.3 Å². The molecule has 0 spiro atoms. The van der Waals surface area contributed by atoms with Crippen LogP contribution in [-0.4, -0.2) is 25.1 Å². The lowest BCUT2D eigenvalue weighted by Gasteiger charge is -2.23. The molecule has 0 aliphatic heterocycles. The quantitative estimate of drug-likeness (QED) is 0.317. The Morgan fingerprint density at radius 1 is 1.03 bits per heavy atom. The number of anilines is 2. The summed E-state index contributed by atoms with van der Waals surface area (Å²) in [5.74, 6) is 1.95. The molecular formula is C26H27N3O4S. The normalized spacial score (nSPS) is 11.7. The number of nitrogens with one attached hydrogen (secondary N) is 2. The SMILES string of the molecule is COc1ccc([C@@H](Nc2cccc(C)n2)c2c(NC(=O)c3ccco3)sc(C)c2C)cc1OC. The van der Waals surface area contributed by atoms with E-state index in [1.165, 1.54) is 17.6 Å². The molecule has 3 aromatic heterocycles. The number of furan rings is 1. The number of carbonyl (C=O) groups excluding carboxylic acids is 1. The Morgan fingerprint density at radius 3 is 2.50 bits per heavy atom. The summed E-state index contributed by atoms with van der Waals surface area (Å²) in [6, 6.07) is 14.7. The van der Waals surface area contributed by atoms with Gasteiger partial charge in [-0.2, -0.15) is 0 Å². The number of hydrogen-bond acceptors (Lipinski definition) is 7. The van der Waals surface area contributed by atoms with Crippen LogP contribution in [0.15, 0.2) is 59.2 Å². The van der Waals surface area contributed by atoms with Gasteiger partial charge in [0, 0.05) is 16.1 Å². The zero-order chi connectivity index (χ0) is 24.2. The number of amides is 1.